The number of thioether (sulfide) groups is 1. The van der Waals surface area contributed by atoms with Crippen molar-refractivity contribution in [2.24, 2.45) is 0 Å². The van der Waals surface area contributed by atoms with Gasteiger partial charge in [-0.15, -0.1) is 5.10 Å². The van der Waals surface area contributed by atoms with Gasteiger partial charge in [-0.25, -0.2) is 4.68 Å². The minimum absolute atomic E-state index is 0.783. The molecule has 1 aliphatic heterocycles. The van der Waals surface area contributed by atoms with Crippen molar-refractivity contribution in [1.29, 1.82) is 0 Å². The Morgan fingerprint density at radius 3 is 2.43 bits per heavy atom. The maximum absolute atomic E-state index is 12.4. The molecule has 4 aromatic rings. The fourth-order valence-corrected chi connectivity index (χ4v) is 5.63. The number of rotatable bonds is 2. The van der Waals surface area contributed by atoms with Gasteiger partial charge in [0, 0.05) is 10.5 Å². The Morgan fingerprint density at radius 2 is 1.64 bits per heavy atom. The molecule has 1 aliphatic rings. The summed E-state index contributed by atoms with van der Waals surface area (Å²) in [7, 11) is 0. The Morgan fingerprint density at radius 1 is 0.929 bits per heavy atom. The Hall–Kier alpha value is -2.63. The first-order chi connectivity index (χ1) is 13.4. The molecule has 28 heavy (non-hydrogen) atoms. The van der Waals surface area contributed by atoms with Crippen LogP contribution in [0.25, 0.3) is 11.0 Å². The Kier molecular flexibility index (Phi) is 3.70. The van der Waals surface area contributed by atoms with E-state index in [0.717, 1.165) is 38.2 Å². The van der Waals surface area contributed by atoms with Crippen LogP contribution in [0, 0.1) is 13.8 Å². The summed E-state index contributed by atoms with van der Waals surface area (Å²) < 4.78 is 1.88. The molecule has 0 radical (unpaired) electrons. The molecule has 2 heterocycles. The molecule has 1 N–H and O–H groups in total. The van der Waals surface area contributed by atoms with Crippen LogP contribution in [0.5, 0.6) is 0 Å². The van der Waals surface area contributed by atoms with Crippen LogP contribution in [0.3, 0.4) is 0 Å². The van der Waals surface area contributed by atoms with Crippen LogP contribution >= 0.6 is 11.8 Å². The van der Waals surface area contributed by atoms with E-state index in [9.17, 15) is 5.11 Å². The van der Waals surface area contributed by atoms with Gasteiger partial charge in [-0.3, -0.25) is 0 Å². The molecular formula is C23H21N3OS. The smallest absolute Gasteiger partial charge is 0.150 e. The third kappa shape index (κ3) is 2.23. The van der Waals surface area contributed by atoms with Gasteiger partial charge in [0.1, 0.15) is 10.4 Å². The van der Waals surface area contributed by atoms with E-state index in [2.05, 4.69) is 42.4 Å². The predicted octanol–water partition coefficient (Wildman–Crippen LogP) is 4.76. The molecule has 0 unspecified atom stereocenters. The summed E-state index contributed by atoms with van der Waals surface area (Å²) in [5.41, 5.74) is 4.55. The number of nitrogens with zero attached hydrogens (tertiary/aromatic N) is 3. The monoisotopic (exact) mass is 387 g/mol. The normalized spacial score (nSPS) is 23.9. The molecule has 4 nitrogen and oxygen atoms in total. The van der Waals surface area contributed by atoms with E-state index in [1.54, 1.807) is 11.8 Å². The minimum atomic E-state index is -1.25. The summed E-state index contributed by atoms with van der Waals surface area (Å²) in [5, 5.41) is 21.2. The van der Waals surface area contributed by atoms with Gasteiger partial charge >= 0.3 is 0 Å². The van der Waals surface area contributed by atoms with Crippen LogP contribution in [-0.4, -0.2) is 20.1 Å². The molecule has 140 valence electrons. The minimum Gasteiger partial charge on any atom is -0.377 e. The molecule has 0 spiro atoms. The SMILES string of the molecule is Cc1ccc([C@]2(O)c3cc(C)ccc3S[C@]2(C)n2nnc3ccccc32)cc1. The van der Waals surface area contributed by atoms with E-state index in [0.29, 0.717) is 0 Å². The summed E-state index contributed by atoms with van der Waals surface area (Å²) >= 11 is 1.64. The average molecular weight is 388 g/mol. The molecule has 0 fully saturated rings. The zero-order valence-electron chi connectivity index (χ0n) is 16.0. The highest BCUT2D eigenvalue weighted by Crippen LogP contribution is 2.61. The second kappa shape index (κ2) is 5.93. The fourth-order valence-electron chi connectivity index (χ4n) is 4.15. The predicted molar refractivity (Wildman–Crippen MR) is 112 cm³/mol. The van der Waals surface area contributed by atoms with Crippen molar-refractivity contribution in [1.82, 2.24) is 15.0 Å². The van der Waals surface area contributed by atoms with Gasteiger partial charge in [-0.1, -0.05) is 76.6 Å². The molecule has 5 rings (SSSR count). The highest BCUT2D eigenvalue weighted by Gasteiger charge is 2.58. The first-order valence-corrected chi connectivity index (χ1v) is 10.2. The molecule has 1 aromatic heterocycles. The van der Waals surface area contributed by atoms with Crippen LogP contribution in [0.15, 0.2) is 71.6 Å². The molecule has 0 aliphatic carbocycles. The number of aromatic nitrogens is 3. The summed E-state index contributed by atoms with van der Waals surface area (Å²) in [6.07, 6.45) is 0. The number of hydrogen-bond donors (Lipinski definition) is 1. The van der Waals surface area contributed by atoms with E-state index in [1.807, 2.05) is 60.1 Å². The third-order valence-corrected chi connectivity index (χ3v) is 7.17. The zero-order valence-corrected chi connectivity index (χ0v) is 16.9. The van der Waals surface area contributed by atoms with Crippen molar-refractivity contribution in [3.8, 4) is 0 Å². The fraction of sp³-hybridized carbons (Fsp3) is 0.217. The van der Waals surface area contributed by atoms with Crippen molar-refractivity contribution in [2.45, 2.75) is 36.1 Å². The highest BCUT2D eigenvalue weighted by atomic mass is 32.2. The van der Waals surface area contributed by atoms with Crippen molar-refractivity contribution in [3.05, 3.63) is 89.0 Å². The number of para-hydroxylation sites is 1. The molecule has 0 bridgehead atoms. The van der Waals surface area contributed by atoms with Gasteiger partial charge in [0.05, 0.1) is 5.52 Å². The van der Waals surface area contributed by atoms with E-state index in [-0.39, 0.29) is 0 Å². The molecule has 2 atom stereocenters. The second-order valence-electron chi connectivity index (χ2n) is 7.65. The molecule has 3 aromatic carbocycles. The molecule has 0 saturated carbocycles. The van der Waals surface area contributed by atoms with Gasteiger partial charge < -0.3 is 5.11 Å². The van der Waals surface area contributed by atoms with Crippen LogP contribution in [0.4, 0.5) is 0 Å². The highest BCUT2D eigenvalue weighted by molar-refractivity contribution is 8.00. The quantitative estimate of drug-likeness (QED) is 0.539. The maximum atomic E-state index is 12.4. The van der Waals surface area contributed by atoms with Crippen LogP contribution in [0.1, 0.15) is 29.2 Å². The summed E-state index contributed by atoms with van der Waals surface area (Å²) in [6, 6.07) is 22.3. The number of fused-ring (bicyclic) bond motifs is 2. The summed E-state index contributed by atoms with van der Waals surface area (Å²) in [6.45, 7) is 6.16. The summed E-state index contributed by atoms with van der Waals surface area (Å²) in [5.74, 6) is 0. The van der Waals surface area contributed by atoms with Crippen molar-refractivity contribution in [2.75, 3.05) is 0 Å². The Bertz CT molecular complexity index is 1200. The van der Waals surface area contributed by atoms with Gasteiger partial charge in [-0.2, -0.15) is 0 Å². The lowest BCUT2D eigenvalue weighted by Gasteiger charge is -2.39. The number of benzene rings is 3. The lowest BCUT2D eigenvalue weighted by molar-refractivity contribution is 0.0108. The summed E-state index contributed by atoms with van der Waals surface area (Å²) in [4.78, 5) is 0.282. The van der Waals surface area contributed by atoms with Gasteiger partial charge in [0.2, 0.25) is 0 Å². The zero-order chi connectivity index (χ0) is 19.5. The van der Waals surface area contributed by atoms with E-state index in [1.165, 1.54) is 0 Å². The lowest BCUT2D eigenvalue weighted by Crippen LogP contribution is -2.47. The van der Waals surface area contributed by atoms with Crippen LogP contribution in [0.2, 0.25) is 0 Å². The largest absolute Gasteiger partial charge is 0.377 e. The van der Waals surface area contributed by atoms with Crippen LogP contribution < -0.4 is 0 Å². The number of aryl methyl sites for hydroxylation is 2. The standard InChI is InChI=1S/C23H21N3OS/c1-15-8-11-17(12-9-15)23(27)18-14-16(2)10-13-21(18)28-22(23,3)26-20-7-5-4-6-19(20)24-25-26/h4-14,27H,1-3H3/t22-,23-/m0/s1. The van der Waals surface area contributed by atoms with Gasteiger partial charge in [0.15, 0.2) is 5.60 Å². The lowest BCUT2D eigenvalue weighted by atomic mass is 9.80. The average Bonchev–Trinajstić information content (AvgIpc) is 3.22. The number of aliphatic hydroxyl groups is 1. The molecular weight excluding hydrogens is 366 g/mol. The topological polar surface area (TPSA) is 50.9 Å². The molecule has 5 heteroatoms. The maximum Gasteiger partial charge on any atom is 0.150 e. The number of hydrogen-bond acceptors (Lipinski definition) is 4. The molecule has 0 saturated heterocycles. The molecule has 0 amide bonds. The third-order valence-electron chi connectivity index (χ3n) is 5.73. The van der Waals surface area contributed by atoms with E-state index < -0.39 is 10.5 Å². The van der Waals surface area contributed by atoms with E-state index in [4.69, 9.17) is 0 Å². The first-order valence-electron chi connectivity index (χ1n) is 9.34. The second-order valence-corrected chi connectivity index (χ2v) is 9.09. The Balaban J connectivity index is 1.83. The van der Waals surface area contributed by atoms with Crippen molar-refractivity contribution < 1.29 is 5.11 Å². The Labute approximate surface area is 168 Å². The van der Waals surface area contributed by atoms with Gasteiger partial charge in [-0.05, 0) is 44.5 Å². The van der Waals surface area contributed by atoms with Crippen molar-refractivity contribution in [3.63, 3.8) is 0 Å². The van der Waals surface area contributed by atoms with Crippen molar-refractivity contribution >= 4 is 22.8 Å². The van der Waals surface area contributed by atoms with E-state index >= 15 is 0 Å². The van der Waals surface area contributed by atoms with Crippen LogP contribution in [-0.2, 0) is 10.5 Å². The van der Waals surface area contributed by atoms with Gasteiger partial charge in [0.25, 0.3) is 0 Å². The first kappa shape index (κ1) is 17.5.